The third-order valence-corrected chi connectivity index (χ3v) is 0.672. The second-order valence-electron chi connectivity index (χ2n) is 0.880. The molecule has 0 aliphatic rings. The predicted octanol–water partition coefficient (Wildman–Crippen LogP) is 0.907. The maximum absolute atomic E-state index is 5.29. The fourth-order valence-electron chi connectivity index (χ4n) is 0.246. The Morgan fingerprint density at radius 1 is 1.86 bits per heavy atom. The zero-order valence-corrected chi connectivity index (χ0v) is 5.86. The number of aromatic nitrogens is 2. The third kappa shape index (κ3) is 2.16. The van der Waals surface area contributed by atoms with E-state index in [9.17, 15) is 0 Å². The van der Waals surface area contributed by atoms with Crippen LogP contribution in [0.3, 0.4) is 0 Å². The van der Waals surface area contributed by atoms with Crippen molar-refractivity contribution in [2.45, 2.75) is 0 Å². The van der Waals surface area contributed by atoms with Gasteiger partial charge in [-0.15, -0.1) is 0 Å². The van der Waals surface area contributed by atoms with Crippen molar-refractivity contribution in [3.8, 4) is 0 Å². The van der Waals surface area contributed by atoms with Gasteiger partial charge < -0.3 is 7.84 Å². The van der Waals surface area contributed by atoms with E-state index in [1.54, 1.807) is 12.4 Å². The molecule has 0 saturated heterocycles. The number of rotatable bonds is 0. The Hall–Kier alpha value is 0.266. The van der Waals surface area contributed by atoms with Crippen LogP contribution in [0.15, 0.2) is 12.4 Å². The first-order chi connectivity index (χ1) is 2.89. The minimum absolute atomic E-state index is 0. The Morgan fingerprint density at radius 3 is 2.71 bits per heavy atom. The summed E-state index contributed by atoms with van der Waals surface area (Å²) in [6.45, 7) is 0. The fraction of sp³-hybridized carbons (Fsp3) is 0. The van der Waals surface area contributed by atoms with Gasteiger partial charge in [0, 0.05) is 12.4 Å². The molecule has 0 radical (unpaired) electrons. The SMILES string of the molecule is Clc1ncc[nH]1.[H-].[H-].[Mg+2]. The van der Waals surface area contributed by atoms with E-state index in [2.05, 4.69) is 9.97 Å². The minimum atomic E-state index is 0. The molecule has 0 fully saturated rings. The number of imidazole rings is 1. The predicted molar refractivity (Wildman–Crippen MR) is 31.6 cm³/mol. The van der Waals surface area contributed by atoms with Crippen LogP contribution in [0.5, 0.6) is 0 Å². The van der Waals surface area contributed by atoms with Crippen LogP contribution in [0.25, 0.3) is 0 Å². The van der Waals surface area contributed by atoms with Gasteiger partial charge in [0.25, 0.3) is 0 Å². The summed E-state index contributed by atoms with van der Waals surface area (Å²) in [5, 5.41) is 0.440. The molecule has 1 rings (SSSR count). The van der Waals surface area contributed by atoms with Crippen molar-refractivity contribution >= 4 is 34.7 Å². The van der Waals surface area contributed by atoms with Crippen molar-refractivity contribution < 1.29 is 2.85 Å². The maximum Gasteiger partial charge on any atom is 2.00 e. The molecule has 36 valence electrons. The van der Waals surface area contributed by atoms with Gasteiger partial charge in [0.15, 0.2) is 5.28 Å². The Bertz CT molecular complexity index is 123. The number of halogens is 1. The number of aromatic amines is 1. The number of H-pyrrole nitrogens is 1. The second kappa shape index (κ2) is 3.29. The standard InChI is InChI=1S/C3H3ClN2.Mg.2H/c4-3-5-1-2-6-3;;;/h1-2H,(H,5,6);;;/q;+2;2*-1. The molecule has 0 aliphatic heterocycles. The minimum Gasteiger partial charge on any atom is -1.00 e. The molecular formula is C3H5ClMgN2. The van der Waals surface area contributed by atoms with E-state index in [1.807, 2.05) is 0 Å². The largest absolute Gasteiger partial charge is 2.00 e. The van der Waals surface area contributed by atoms with Gasteiger partial charge in [-0.25, -0.2) is 4.98 Å². The smallest absolute Gasteiger partial charge is 1.00 e. The number of hydrogen-bond donors (Lipinski definition) is 1. The Labute approximate surface area is 65.4 Å². The van der Waals surface area contributed by atoms with Gasteiger partial charge in [-0.3, -0.25) is 0 Å². The quantitative estimate of drug-likeness (QED) is 0.518. The van der Waals surface area contributed by atoms with Crippen molar-refractivity contribution in [3.63, 3.8) is 0 Å². The second-order valence-corrected chi connectivity index (χ2v) is 1.24. The van der Waals surface area contributed by atoms with E-state index in [1.165, 1.54) is 0 Å². The molecule has 0 amide bonds. The van der Waals surface area contributed by atoms with E-state index >= 15 is 0 Å². The van der Waals surface area contributed by atoms with Crippen molar-refractivity contribution in [1.29, 1.82) is 0 Å². The topological polar surface area (TPSA) is 28.7 Å². The molecule has 0 spiro atoms. The van der Waals surface area contributed by atoms with Gasteiger partial charge in [-0.1, -0.05) is 0 Å². The van der Waals surface area contributed by atoms with E-state index in [0.29, 0.717) is 5.28 Å². The van der Waals surface area contributed by atoms with Crippen molar-refractivity contribution in [2.24, 2.45) is 0 Å². The average molecular weight is 129 g/mol. The van der Waals surface area contributed by atoms with Crippen LogP contribution in [-0.2, 0) is 0 Å². The zero-order chi connectivity index (χ0) is 4.41. The normalized spacial score (nSPS) is 7.57. The van der Waals surface area contributed by atoms with E-state index in [0.717, 1.165) is 0 Å². The van der Waals surface area contributed by atoms with Crippen molar-refractivity contribution in [1.82, 2.24) is 9.97 Å². The summed E-state index contributed by atoms with van der Waals surface area (Å²) < 4.78 is 0. The van der Waals surface area contributed by atoms with Gasteiger partial charge in [-0.2, -0.15) is 0 Å². The van der Waals surface area contributed by atoms with E-state index < -0.39 is 0 Å². The van der Waals surface area contributed by atoms with Gasteiger partial charge in [0.1, 0.15) is 0 Å². The van der Waals surface area contributed by atoms with Crippen LogP contribution >= 0.6 is 11.6 Å². The van der Waals surface area contributed by atoms with Crippen molar-refractivity contribution in [3.05, 3.63) is 17.7 Å². The molecular weight excluding hydrogens is 124 g/mol. The molecule has 0 atom stereocenters. The molecule has 1 N–H and O–H groups in total. The number of hydrogen-bond acceptors (Lipinski definition) is 1. The summed E-state index contributed by atoms with van der Waals surface area (Å²) in [5.41, 5.74) is 0. The molecule has 2 nitrogen and oxygen atoms in total. The molecule has 7 heavy (non-hydrogen) atoms. The molecule has 0 aromatic carbocycles. The first kappa shape index (κ1) is 7.27. The summed E-state index contributed by atoms with van der Waals surface area (Å²) in [4.78, 5) is 6.28. The van der Waals surface area contributed by atoms with E-state index in [4.69, 9.17) is 11.6 Å². The molecule has 1 aromatic heterocycles. The molecule has 4 heteroatoms. The number of nitrogens with zero attached hydrogens (tertiary/aromatic N) is 1. The summed E-state index contributed by atoms with van der Waals surface area (Å²) in [7, 11) is 0. The maximum atomic E-state index is 5.29. The van der Waals surface area contributed by atoms with Crippen LogP contribution in [0.2, 0.25) is 5.28 Å². The summed E-state index contributed by atoms with van der Waals surface area (Å²) in [5.74, 6) is 0. The summed E-state index contributed by atoms with van der Waals surface area (Å²) >= 11 is 5.29. The summed E-state index contributed by atoms with van der Waals surface area (Å²) in [6.07, 6.45) is 3.27. The van der Waals surface area contributed by atoms with E-state index in [-0.39, 0.29) is 25.9 Å². The van der Waals surface area contributed by atoms with Gasteiger partial charge in [0.2, 0.25) is 0 Å². The molecule has 1 aromatic rings. The van der Waals surface area contributed by atoms with Gasteiger partial charge in [0.05, 0.1) is 0 Å². The Balaban J connectivity index is -0.000000120. The number of nitrogens with one attached hydrogen (secondary N) is 1. The Morgan fingerprint density at radius 2 is 2.57 bits per heavy atom. The average Bonchev–Trinajstić information content (AvgIpc) is 1.86. The monoisotopic (exact) mass is 128 g/mol. The van der Waals surface area contributed by atoms with Crippen LogP contribution in [-0.4, -0.2) is 33.0 Å². The first-order valence-electron chi connectivity index (χ1n) is 1.54. The third-order valence-electron chi connectivity index (χ3n) is 0.465. The Kier molecular flexibility index (Phi) is 3.42. The van der Waals surface area contributed by atoms with Crippen LogP contribution < -0.4 is 0 Å². The molecule has 0 aliphatic carbocycles. The molecule has 0 bridgehead atoms. The van der Waals surface area contributed by atoms with Crippen LogP contribution in [0, 0.1) is 0 Å². The molecule has 0 saturated carbocycles. The zero-order valence-electron chi connectivity index (χ0n) is 5.69. The van der Waals surface area contributed by atoms with Crippen LogP contribution in [0.4, 0.5) is 0 Å². The molecule has 1 heterocycles. The van der Waals surface area contributed by atoms with Gasteiger partial charge in [-0.05, 0) is 11.6 Å². The van der Waals surface area contributed by atoms with Gasteiger partial charge >= 0.3 is 23.1 Å². The first-order valence-corrected chi connectivity index (χ1v) is 1.92. The summed E-state index contributed by atoms with van der Waals surface area (Å²) in [6, 6.07) is 0. The molecule has 0 unspecified atom stereocenters. The fourth-order valence-corrected chi connectivity index (χ4v) is 0.365. The van der Waals surface area contributed by atoms with Crippen molar-refractivity contribution in [2.75, 3.05) is 0 Å². The van der Waals surface area contributed by atoms with Crippen LogP contribution in [0.1, 0.15) is 2.85 Å².